The SMILES string of the molecule is COc1cccc([C@@H](C)NC(=O)Nc2cc(-c3ccncc3)[nH]n2)c1. The molecule has 0 saturated carbocycles. The number of nitrogens with zero attached hydrogens (tertiary/aromatic N) is 2. The molecule has 0 aliphatic rings. The number of pyridine rings is 1. The van der Waals surface area contributed by atoms with Crippen LogP contribution in [-0.2, 0) is 0 Å². The maximum atomic E-state index is 12.2. The average Bonchev–Trinajstić information content (AvgIpc) is 3.10. The third-order valence-electron chi connectivity index (χ3n) is 3.75. The van der Waals surface area contributed by atoms with E-state index in [2.05, 4.69) is 25.8 Å². The van der Waals surface area contributed by atoms with Crippen molar-refractivity contribution in [1.29, 1.82) is 0 Å². The summed E-state index contributed by atoms with van der Waals surface area (Å²) in [5.74, 6) is 1.20. The number of hydrogen-bond acceptors (Lipinski definition) is 4. The summed E-state index contributed by atoms with van der Waals surface area (Å²) in [4.78, 5) is 16.2. The minimum absolute atomic E-state index is 0.172. The lowest BCUT2D eigenvalue weighted by atomic mass is 10.1. The first-order valence-electron chi connectivity index (χ1n) is 7.83. The Morgan fingerprint density at radius 3 is 2.76 bits per heavy atom. The zero-order chi connectivity index (χ0) is 17.6. The first-order chi connectivity index (χ1) is 12.2. The summed E-state index contributed by atoms with van der Waals surface area (Å²) < 4.78 is 5.20. The Kier molecular flexibility index (Phi) is 4.94. The summed E-state index contributed by atoms with van der Waals surface area (Å²) in [5, 5.41) is 12.6. The van der Waals surface area contributed by atoms with Gasteiger partial charge < -0.3 is 10.1 Å². The highest BCUT2D eigenvalue weighted by atomic mass is 16.5. The van der Waals surface area contributed by atoms with Crippen molar-refractivity contribution in [2.75, 3.05) is 12.4 Å². The lowest BCUT2D eigenvalue weighted by molar-refractivity contribution is 0.249. The van der Waals surface area contributed by atoms with Crippen LogP contribution in [0.15, 0.2) is 54.9 Å². The minimum Gasteiger partial charge on any atom is -0.497 e. The van der Waals surface area contributed by atoms with E-state index in [4.69, 9.17) is 4.74 Å². The number of carbonyl (C=O) groups excluding carboxylic acids is 1. The maximum absolute atomic E-state index is 12.2. The van der Waals surface area contributed by atoms with Crippen LogP contribution in [0.5, 0.6) is 5.75 Å². The van der Waals surface area contributed by atoms with Crippen LogP contribution in [0.4, 0.5) is 10.6 Å². The predicted molar refractivity (Wildman–Crippen MR) is 95.4 cm³/mol. The molecule has 0 saturated heterocycles. The van der Waals surface area contributed by atoms with Gasteiger partial charge in [-0.3, -0.25) is 15.4 Å². The van der Waals surface area contributed by atoms with Gasteiger partial charge in [0.2, 0.25) is 0 Å². The molecule has 2 heterocycles. The van der Waals surface area contributed by atoms with Crippen molar-refractivity contribution in [3.63, 3.8) is 0 Å². The van der Waals surface area contributed by atoms with E-state index in [0.717, 1.165) is 22.6 Å². The van der Waals surface area contributed by atoms with Crippen molar-refractivity contribution in [2.45, 2.75) is 13.0 Å². The van der Waals surface area contributed by atoms with Gasteiger partial charge in [0.1, 0.15) is 5.75 Å². The van der Waals surface area contributed by atoms with Gasteiger partial charge in [0.25, 0.3) is 0 Å². The van der Waals surface area contributed by atoms with Crippen LogP contribution in [0.2, 0.25) is 0 Å². The lowest BCUT2D eigenvalue weighted by Gasteiger charge is -2.15. The fraction of sp³-hybridized carbons (Fsp3) is 0.167. The van der Waals surface area contributed by atoms with Gasteiger partial charge in [-0.15, -0.1) is 0 Å². The number of benzene rings is 1. The summed E-state index contributed by atoms with van der Waals surface area (Å²) >= 11 is 0. The van der Waals surface area contributed by atoms with Gasteiger partial charge >= 0.3 is 6.03 Å². The Bertz CT molecular complexity index is 847. The Morgan fingerprint density at radius 2 is 2.00 bits per heavy atom. The Hall–Kier alpha value is -3.35. The first kappa shape index (κ1) is 16.5. The largest absolute Gasteiger partial charge is 0.497 e. The number of aromatic nitrogens is 3. The Labute approximate surface area is 145 Å². The van der Waals surface area contributed by atoms with E-state index in [0.29, 0.717) is 5.82 Å². The van der Waals surface area contributed by atoms with Crippen LogP contribution in [0, 0.1) is 0 Å². The van der Waals surface area contributed by atoms with E-state index in [9.17, 15) is 4.79 Å². The molecule has 0 bridgehead atoms. The molecule has 3 aromatic rings. The number of hydrogen-bond donors (Lipinski definition) is 3. The van der Waals surface area contributed by atoms with Gasteiger partial charge in [-0.25, -0.2) is 4.79 Å². The van der Waals surface area contributed by atoms with E-state index < -0.39 is 0 Å². The maximum Gasteiger partial charge on any atom is 0.320 e. The molecule has 25 heavy (non-hydrogen) atoms. The van der Waals surface area contributed by atoms with Crippen LogP contribution < -0.4 is 15.4 Å². The molecule has 1 aromatic carbocycles. The average molecular weight is 337 g/mol. The molecule has 7 heteroatoms. The molecule has 2 amide bonds. The summed E-state index contributed by atoms with van der Waals surface area (Å²) in [6.45, 7) is 1.90. The first-order valence-corrected chi connectivity index (χ1v) is 7.83. The molecule has 3 rings (SSSR count). The van der Waals surface area contributed by atoms with Crippen molar-refractivity contribution >= 4 is 11.8 Å². The Morgan fingerprint density at radius 1 is 1.20 bits per heavy atom. The van der Waals surface area contributed by atoms with Gasteiger partial charge in [-0.1, -0.05) is 12.1 Å². The lowest BCUT2D eigenvalue weighted by Crippen LogP contribution is -2.31. The summed E-state index contributed by atoms with van der Waals surface area (Å²) in [7, 11) is 1.61. The van der Waals surface area contributed by atoms with Crippen molar-refractivity contribution in [1.82, 2.24) is 20.5 Å². The number of carbonyl (C=O) groups is 1. The molecule has 0 spiro atoms. The fourth-order valence-electron chi connectivity index (χ4n) is 2.41. The van der Waals surface area contributed by atoms with E-state index in [-0.39, 0.29) is 12.1 Å². The summed E-state index contributed by atoms with van der Waals surface area (Å²) in [6, 6.07) is 12.6. The summed E-state index contributed by atoms with van der Waals surface area (Å²) in [5.41, 5.74) is 2.70. The van der Waals surface area contributed by atoms with Crippen LogP contribution in [0.3, 0.4) is 0 Å². The second-order valence-corrected chi connectivity index (χ2v) is 5.50. The minimum atomic E-state index is -0.330. The Balaban J connectivity index is 1.62. The molecular weight excluding hydrogens is 318 g/mol. The number of amides is 2. The number of ether oxygens (including phenoxy) is 1. The highest BCUT2D eigenvalue weighted by Gasteiger charge is 2.12. The number of urea groups is 1. The monoisotopic (exact) mass is 337 g/mol. The molecule has 0 unspecified atom stereocenters. The molecule has 1 atom stereocenters. The molecular formula is C18H19N5O2. The van der Waals surface area contributed by atoms with E-state index in [1.54, 1.807) is 25.6 Å². The van der Waals surface area contributed by atoms with Crippen molar-refractivity contribution in [2.24, 2.45) is 0 Å². The van der Waals surface area contributed by atoms with Crippen molar-refractivity contribution in [3.8, 4) is 17.0 Å². The number of anilines is 1. The van der Waals surface area contributed by atoms with Crippen molar-refractivity contribution < 1.29 is 9.53 Å². The zero-order valence-corrected chi connectivity index (χ0v) is 14.0. The zero-order valence-electron chi connectivity index (χ0n) is 14.0. The van der Waals surface area contributed by atoms with Gasteiger partial charge in [-0.05, 0) is 36.8 Å². The van der Waals surface area contributed by atoms with Gasteiger partial charge in [0, 0.05) is 24.0 Å². The molecule has 0 radical (unpaired) electrons. The fourth-order valence-corrected chi connectivity index (χ4v) is 2.41. The second-order valence-electron chi connectivity index (χ2n) is 5.50. The standard InChI is InChI=1S/C18H19N5O2/c1-12(14-4-3-5-15(10-14)25-2)20-18(24)21-17-11-16(22-23-17)13-6-8-19-9-7-13/h3-12H,1-2H3,(H3,20,21,22,23,24)/t12-/m1/s1. The topological polar surface area (TPSA) is 91.9 Å². The number of H-pyrrole nitrogens is 1. The number of rotatable bonds is 5. The third kappa shape index (κ3) is 4.14. The van der Waals surface area contributed by atoms with Gasteiger partial charge in [0.05, 0.1) is 18.8 Å². The van der Waals surface area contributed by atoms with E-state index >= 15 is 0 Å². The highest BCUT2D eigenvalue weighted by Crippen LogP contribution is 2.20. The van der Waals surface area contributed by atoms with Crippen LogP contribution in [0.1, 0.15) is 18.5 Å². The molecule has 0 fully saturated rings. The smallest absolute Gasteiger partial charge is 0.320 e. The quantitative estimate of drug-likeness (QED) is 0.665. The summed E-state index contributed by atoms with van der Waals surface area (Å²) in [6.07, 6.45) is 3.40. The molecule has 0 aliphatic heterocycles. The molecule has 2 aromatic heterocycles. The van der Waals surface area contributed by atoms with E-state index in [1.807, 2.05) is 43.3 Å². The number of aromatic amines is 1. The number of methoxy groups -OCH3 is 1. The molecule has 7 nitrogen and oxygen atoms in total. The van der Waals surface area contributed by atoms with Gasteiger partial charge in [0.15, 0.2) is 5.82 Å². The molecule has 0 aliphatic carbocycles. The second kappa shape index (κ2) is 7.48. The predicted octanol–water partition coefficient (Wildman–Crippen LogP) is 3.36. The molecule has 3 N–H and O–H groups in total. The molecule has 128 valence electrons. The van der Waals surface area contributed by atoms with Crippen LogP contribution in [-0.4, -0.2) is 28.3 Å². The number of nitrogens with one attached hydrogen (secondary N) is 3. The van der Waals surface area contributed by atoms with Crippen LogP contribution in [0.25, 0.3) is 11.3 Å². The normalized spacial score (nSPS) is 11.6. The van der Waals surface area contributed by atoms with Crippen molar-refractivity contribution in [3.05, 3.63) is 60.4 Å². The van der Waals surface area contributed by atoms with E-state index in [1.165, 1.54) is 0 Å². The van der Waals surface area contributed by atoms with Crippen LogP contribution >= 0.6 is 0 Å². The van der Waals surface area contributed by atoms with Gasteiger partial charge in [-0.2, -0.15) is 5.10 Å². The highest BCUT2D eigenvalue weighted by molar-refractivity contribution is 5.89. The third-order valence-corrected chi connectivity index (χ3v) is 3.75.